The number of halogens is 1. The van der Waals surface area contributed by atoms with Gasteiger partial charge in [-0.1, -0.05) is 37.5 Å². The van der Waals surface area contributed by atoms with Crippen molar-refractivity contribution in [3.63, 3.8) is 0 Å². The molecule has 2 aromatic carbocycles. The maximum atomic E-state index is 13.5. The van der Waals surface area contributed by atoms with Gasteiger partial charge in [0, 0.05) is 6.04 Å². The van der Waals surface area contributed by atoms with Gasteiger partial charge in [-0.05, 0) is 49.2 Å². The molecule has 1 unspecified atom stereocenters. The first-order chi connectivity index (χ1) is 14.4. The van der Waals surface area contributed by atoms with Crippen LogP contribution in [0.5, 0.6) is 0 Å². The zero-order valence-corrected chi connectivity index (χ0v) is 17.2. The molecule has 158 valence electrons. The first-order valence-electron chi connectivity index (χ1n) is 10.1. The molecule has 1 saturated heterocycles. The van der Waals surface area contributed by atoms with E-state index in [1.807, 2.05) is 0 Å². The molecule has 2 aromatic rings. The standard InChI is InChI=1S/C22H23FN2O4S/c23-16-11-13-19(14-12-16)30(28,29)25(18-9-5-2-6-10-18)20-15-21(26)24(22(20)27)17-7-3-1-4-8-17/h1,3-4,7-8,11-14,18,20H,2,5-6,9-10,15H2. The highest BCUT2D eigenvalue weighted by Crippen LogP contribution is 2.35. The Morgan fingerprint density at radius 3 is 2.17 bits per heavy atom. The van der Waals surface area contributed by atoms with Crippen LogP contribution in [0, 0.1) is 5.82 Å². The average Bonchev–Trinajstić information content (AvgIpc) is 3.03. The van der Waals surface area contributed by atoms with E-state index in [4.69, 9.17) is 0 Å². The molecular formula is C22H23FN2O4S. The van der Waals surface area contributed by atoms with Gasteiger partial charge in [-0.15, -0.1) is 0 Å². The van der Waals surface area contributed by atoms with Crippen molar-refractivity contribution in [3.05, 3.63) is 60.4 Å². The van der Waals surface area contributed by atoms with Gasteiger partial charge in [0.1, 0.15) is 11.9 Å². The van der Waals surface area contributed by atoms with Crippen LogP contribution in [0.2, 0.25) is 0 Å². The van der Waals surface area contributed by atoms with Gasteiger partial charge in [0.05, 0.1) is 17.0 Å². The minimum atomic E-state index is -4.10. The summed E-state index contributed by atoms with van der Waals surface area (Å²) in [6, 6.07) is 11.6. The van der Waals surface area contributed by atoms with Crippen LogP contribution in [0.15, 0.2) is 59.5 Å². The Hall–Kier alpha value is -2.58. The second kappa shape index (κ2) is 8.28. The number of amides is 2. The Morgan fingerprint density at radius 2 is 1.53 bits per heavy atom. The van der Waals surface area contributed by atoms with Crippen molar-refractivity contribution in [2.24, 2.45) is 0 Å². The lowest BCUT2D eigenvalue weighted by atomic mass is 9.94. The summed E-state index contributed by atoms with van der Waals surface area (Å²) in [4.78, 5) is 27.0. The third-order valence-electron chi connectivity index (χ3n) is 5.77. The molecule has 0 aromatic heterocycles. The van der Waals surface area contributed by atoms with Crippen LogP contribution in [-0.2, 0) is 19.6 Å². The van der Waals surface area contributed by atoms with Crippen molar-refractivity contribution in [1.29, 1.82) is 0 Å². The van der Waals surface area contributed by atoms with Gasteiger partial charge in [0.25, 0.3) is 5.91 Å². The second-order valence-corrected chi connectivity index (χ2v) is 9.55. The molecule has 0 bridgehead atoms. The van der Waals surface area contributed by atoms with Gasteiger partial charge in [-0.25, -0.2) is 17.7 Å². The van der Waals surface area contributed by atoms with E-state index in [0.717, 1.165) is 36.3 Å². The monoisotopic (exact) mass is 430 g/mol. The number of carbonyl (C=O) groups is 2. The van der Waals surface area contributed by atoms with Crippen LogP contribution < -0.4 is 4.90 Å². The van der Waals surface area contributed by atoms with Crippen LogP contribution >= 0.6 is 0 Å². The fourth-order valence-electron chi connectivity index (χ4n) is 4.35. The predicted molar refractivity (Wildman–Crippen MR) is 110 cm³/mol. The molecule has 8 heteroatoms. The highest BCUT2D eigenvalue weighted by atomic mass is 32.2. The van der Waals surface area contributed by atoms with Crippen LogP contribution in [0.25, 0.3) is 0 Å². The van der Waals surface area contributed by atoms with Gasteiger partial charge in [-0.2, -0.15) is 4.31 Å². The molecule has 30 heavy (non-hydrogen) atoms. The van der Waals surface area contributed by atoms with Gasteiger partial charge in [-0.3, -0.25) is 9.59 Å². The van der Waals surface area contributed by atoms with Gasteiger partial charge >= 0.3 is 0 Å². The van der Waals surface area contributed by atoms with E-state index < -0.39 is 33.7 Å². The number of para-hydroxylation sites is 1. The first kappa shape index (κ1) is 20.7. The third kappa shape index (κ3) is 3.77. The van der Waals surface area contributed by atoms with Crippen LogP contribution in [0.3, 0.4) is 0 Å². The van der Waals surface area contributed by atoms with Gasteiger partial charge in [0.15, 0.2) is 0 Å². The second-order valence-electron chi connectivity index (χ2n) is 7.70. The molecule has 1 heterocycles. The fraction of sp³-hybridized carbons (Fsp3) is 0.364. The smallest absolute Gasteiger partial charge is 0.252 e. The molecule has 0 radical (unpaired) electrons. The van der Waals surface area contributed by atoms with E-state index in [9.17, 15) is 22.4 Å². The Kier molecular flexibility index (Phi) is 5.71. The lowest BCUT2D eigenvalue weighted by Gasteiger charge is -2.36. The molecular weight excluding hydrogens is 407 g/mol. The number of hydrogen-bond acceptors (Lipinski definition) is 4. The van der Waals surface area contributed by atoms with E-state index in [1.54, 1.807) is 30.3 Å². The topological polar surface area (TPSA) is 74.8 Å². The summed E-state index contributed by atoms with van der Waals surface area (Å²) in [6.07, 6.45) is 3.78. The lowest BCUT2D eigenvalue weighted by Crippen LogP contribution is -2.51. The fourth-order valence-corrected chi connectivity index (χ4v) is 6.17. The summed E-state index contributed by atoms with van der Waals surface area (Å²) in [5.74, 6) is -1.51. The number of anilines is 1. The van der Waals surface area contributed by atoms with Crippen molar-refractivity contribution in [3.8, 4) is 0 Å². The summed E-state index contributed by atoms with van der Waals surface area (Å²) in [5, 5.41) is 0. The maximum absolute atomic E-state index is 13.5. The summed E-state index contributed by atoms with van der Waals surface area (Å²) >= 11 is 0. The van der Waals surface area contributed by atoms with E-state index in [-0.39, 0.29) is 17.4 Å². The van der Waals surface area contributed by atoms with Gasteiger partial charge < -0.3 is 0 Å². The number of imide groups is 1. The third-order valence-corrected chi connectivity index (χ3v) is 7.74. The van der Waals surface area contributed by atoms with Crippen molar-refractivity contribution >= 4 is 27.5 Å². The van der Waals surface area contributed by atoms with Crippen molar-refractivity contribution in [2.45, 2.75) is 55.5 Å². The molecule has 2 aliphatic rings. The number of rotatable bonds is 5. The molecule has 2 amide bonds. The van der Waals surface area contributed by atoms with E-state index in [0.29, 0.717) is 18.5 Å². The number of hydrogen-bond donors (Lipinski definition) is 0. The minimum Gasteiger partial charge on any atom is -0.274 e. The number of nitrogens with zero attached hydrogens (tertiary/aromatic N) is 2. The summed E-state index contributed by atoms with van der Waals surface area (Å²) in [7, 11) is -4.10. The zero-order chi connectivity index (χ0) is 21.3. The van der Waals surface area contributed by atoms with Crippen LogP contribution in [0.1, 0.15) is 38.5 Å². The molecule has 1 atom stereocenters. The minimum absolute atomic E-state index is 0.0760. The molecule has 1 aliphatic carbocycles. The van der Waals surface area contributed by atoms with Gasteiger partial charge in [0.2, 0.25) is 15.9 Å². The molecule has 0 N–H and O–H groups in total. The molecule has 1 aliphatic heterocycles. The first-order valence-corrected chi connectivity index (χ1v) is 11.5. The summed E-state index contributed by atoms with van der Waals surface area (Å²) in [6.45, 7) is 0. The van der Waals surface area contributed by atoms with E-state index >= 15 is 0 Å². The SMILES string of the molecule is O=C1CC(N(C2CCCCC2)S(=O)(=O)c2ccc(F)cc2)C(=O)N1c1ccccc1. The highest BCUT2D eigenvalue weighted by Gasteiger charge is 2.49. The molecule has 4 rings (SSSR count). The summed E-state index contributed by atoms with van der Waals surface area (Å²) in [5.41, 5.74) is 0.428. The number of sulfonamides is 1. The van der Waals surface area contributed by atoms with Crippen molar-refractivity contribution in [1.82, 2.24) is 4.31 Å². The van der Waals surface area contributed by atoms with Crippen molar-refractivity contribution in [2.75, 3.05) is 4.90 Å². The largest absolute Gasteiger partial charge is 0.274 e. The maximum Gasteiger partial charge on any atom is 0.252 e. The quantitative estimate of drug-likeness (QED) is 0.681. The lowest BCUT2D eigenvalue weighted by molar-refractivity contribution is -0.122. The Labute approximate surface area is 175 Å². The molecule has 1 saturated carbocycles. The van der Waals surface area contributed by atoms with E-state index in [2.05, 4.69) is 0 Å². The highest BCUT2D eigenvalue weighted by molar-refractivity contribution is 7.89. The van der Waals surface area contributed by atoms with Crippen LogP contribution in [0.4, 0.5) is 10.1 Å². The average molecular weight is 431 g/mol. The molecule has 6 nitrogen and oxygen atoms in total. The molecule has 2 fully saturated rings. The zero-order valence-electron chi connectivity index (χ0n) is 16.4. The number of benzene rings is 2. The Morgan fingerprint density at radius 1 is 0.900 bits per heavy atom. The Bertz CT molecular complexity index is 1030. The predicted octanol–water partition coefficient (Wildman–Crippen LogP) is 3.48. The molecule has 0 spiro atoms. The van der Waals surface area contributed by atoms with E-state index in [1.165, 1.54) is 16.4 Å². The number of carbonyl (C=O) groups excluding carboxylic acids is 2. The summed E-state index contributed by atoms with van der Waals surface area (Å²) < 4.78 is 41.7. The normalized spacial score (nSPS) is 20.9. The van der Waals surface area contributed by atoms with Crippen LogP contribution in [-0.4, -0.2) is 36.6 Å². The Balaban J connectivity index is 1.74. The van der Waals surface area contributed by atoms with Crippen molar-refractivity contribution < 1.29 is 22.4 Å².